The van der Waals surface area contributed by atoms with Crippen molar-refractivity contribution >= 4 is 5.91 Å². The minimum atomic E-state index is -0.635. The lowest BCUT2D eigenvalue weighted by Crippen LogP contribution is -2.50. The smallest absolute Gasteiger partial charge is 0.244 e. The van der Waals surface area contributed by atoms with Crippen LogP contribution in [-0.2, 0) is 16.6 Å². The van der Waals surface area contributed by atoms with Crippen LogP contribution >= 0.6 is 0 Å². The third-order valence-corrected chi connectivity index (χ3v) is 3.00. The van der Waals surface area contributed by atoms with E-state index < -0.39 is 6.04 Å². The second-order valence-electron chi connectivity index (χ2n) is 4.38. The largest absolute Gasteiger partial charge is 0.377 e. The van der Waals surface area contributed by atoms with Gasteiger partial charge in [0.2, 0.25) is 5.91 Å². The summed E-state index contributed by atoms with van der Waals surface area (Å²) in [6, 6.07) is -0.553. The Labute approximate surface area is 100 Å². The quantitative estimate of drug-likeness (QED) is 0.765. The van der Waals surface area contributed by atoms with Crippen molar-refractivity contribution in [1.29, 1.82) is 0 Å². The molecule has 94 valence electrons. The van der Waals surface area contributed by atoms with Crippen LogP contribution < -0.4 is 5.73 Å². The van der Waals surface area contributed by atoms with Crippen molar-refractivity contribution in [1.82, 2.24) is 14.7 Å². The maximum atomic E-state index is 12.2. The number of ether oxygens (including phenoxy) is 1. The van der Waals surface area contributed by atoms with Crippen molar-refractivity contribution in [2.75, 3.05) is 19.8 Å². The molecule has 2 atom stereocenters. The molecule has 0 saturated carbocycles. The molecule has 1 aliphatic heterocycles. The number of hydrogen-bond donors (Lipinski definition) is 1. The molecular weight excluding hydrogens is 220 g/mol. The molecule has 0 bridgehead atoms. The van der Waals surface area contributed by atoms with Crippen molar-refractivity contribution < 1.29 is 9.53 Å². The number of carbonyl (C=O) groups excluding carboxylic acids is 1. The highest BCUT2D eigenvalue weighted by Gasteiger charge is 2.29. The van der Waals surface area contributed by atoms with Gasteiger partial charge in [-0.1, -0.05) is 0 Å². The third kappa shape index (κ3) is 2.48. The van der Waals surface area contributed by atoms with Crippen molar-refractivity contribution in [2.45, 2.75) is 19.0 Å². The summed E-state index contributed by atoms with van der Waals surface area (Å²) in [5.41, 5.74) is 6.71. The third-order valence-electron chi connectivity index (χ3n) is 3.00. The van der Waals surface area contributed by atoms with E-state index in [1.165, 1.54) is 0 Å². The lowest BCUT2D eigenvalue weighted by Gasteiger charge is -2.34. The van der Waals surface area contributed by atoms with E-state index >= 15 is 0 Å². The normalized spacial score (nSPS) is 22.5. The van der Waals surface area contributed by atoms with E-state index in [9.17, 15) is 4.79 Å². The van der Waals surface area contributed by atoms with Gasteiger partial charge in [0.05, 0.1) is 25.5 Å². The first-order valence-corrected chi connectivity index (χ1v) is 5.72. The highest BCUT2D eigenvalue weighted by molar-refractivity contribution is 5.83. The van der Waals surface area contributed by atoms with Crippen LogP contribution in [0.5, 0.6) is 0 Å². The first-order chi connectivity index (χ1) is 8.09. The van der Waals surface area contributed by atoms with Gasteiger partial charge in [-0.2, -0.15) is 5.10 Å². The van der Waals surface area contributed by atoms with E-state index in [2.05, 4.69) is 5.10 Å². The molecule has 0 aliphatic carbocycles. The maximum Gasteiger partial charge on any atom is 0.244 e. The number of rotatable bonds is 2. The highest BCUT2D eigenvalue weighted by Crippen LogP contribution is 2.16. The Morgan fingerprint density at radius 2 is 2.47 bits per heavy atom. The van der Waals surface area contributed by atoms with Gasteiger partial charge in [0, 0.05) is 25.4 Å². The summed E-state index contributed by atoms with van der Waals surface area (Å²) < 4.78 is 6.94. The molecule has 1 amide bonds. The average molecular weight is 238 g/mol. The minimum absolute atomic E-state index is 0.0613. The topological polar surface area (TPSA) is 73.4 Å². The fourth-order valence-corrected chi connectivity index (χ4v) is 1.98. The number of aryl methyl sites for hydroxylation is 1. The Morgan fingerprint density at radius 3 is 3.06 bits per heavy atom. The zero-order valence-corrected chi connectivity index (χ0v) is 10.2. The Morgan fingerprint density at radius 1 is 1.71 bits per heavy atom. The monoisotopic (exact) mass is 238 g/mol. The van der Waals surface area contributed by atoms with Gasteiger partial charge in [0.1, 0.15) is 6.04 Å². The van der Waals surface area contributed by atoms with E-state index in [-0.39, 0.29) is 11.9 Å². The molecule has 1 fully saturated rings. The average Bonchev–Trinajstić information content (AvgIpc) is 2.75. The SMILES string of the molecule is C[C@@H]1COCCN1C(=O)C(N)c1cnn(C)c1. The second kappa shape index (κ2) is 4.85. The van der Waals surface area contributed by atoms with Gasteiger partial charge >= 0.3 is 0 Å². The summed E-state index contributed by atoms with van der Waals surface area (Å²) >= 11 is 0. The Balaban J connectivity index is 2.08. The van der Waals surface area contributed by atoms with Crippen LogP contribution in [0.4, 0.5) is 0 Å². The first-order valence-electron chi connectivity index (χ1n) is 5.72. The van der Waals surface area contributed by atoms with Gasteiger partial charge in [-0.05, 0) is 6.92 Å². The molecule has 0 aromatic carbocycles. The molecular formula is C11H18N4O2. The van der Waals surface area contributed by atoms with Crippen LogP contribution in [-0.4, -0.2) is 46.4 Å². The number of carbonyl (C=O) groups is 1. The van der Waals surface area contributed by atoms with Crippen molar-refractivity contribution in [3.63, 3.8) is 0 Å². The van der Waals surface area contributed by atoms with E-state index in [0.717, 1.165) is 5.56 Å². The predicted octanol–water partition coefficient (Wildman–Crippen LogP) is -0.333. The Hall–Kier alpha value is -1.40. The van der Waals surface area contributed by atoms with Crippen molar-refractivity contribution in [2.24, 2.45) is 12.8 Å². The van der Waals surface area contributed by atoms with Crippen LogP contribution in [0, 0.1) is 0 Å². The van der Waals surface area contributed by atoms with Gasteiger partial charge in [0.25, 0.3) is 0 Å². The van der Waals surface area contributed by atoms with Crippen LogP contribution in [0.15, 0.2) is 12.4 Å². The van der Waals surface area contributed by atoms with Crippen LogP contribution in [0.2, 0.25) is 0 Å². The molecule has 2 rings (SSSR count). The summed E-state index contributed by atoms with van der Waals surface area (Å²) in [6.07, 6.45) is 3.40. The molecule has 0 radical (unpaired) electrons. The van der Waals surface area contributed by atoms with Crippen LogP contribution in [0.1, 0.15) is 18.5 Å². The summed E-state index contributed by atoms with van der Waals surface area (Å²) in [4.78, 5) is 14.0. The Bertz CT molecular complexity index is 404. The molecule has 17 heavy (non-hydrogen) atoms. The number of aromatic nitrogens is 2. The first kappa shape index (κ1) is 12.1. The number of hydrogen-bond acceptors (Lipinski definition) is 4. The highest BCUT2D eigenvalue weighted by atomic mass is 16.5. The summed E-state index contributed by atoms with van der Waals surface area (Å²) in [5, 5.41) is 4.03. The van der Waals surface area contributed by atoms with Crippen LogP contribution in [0.3, 0.4) is 0 Å². The van der Waals surface area contributed by atoms with Gasteiger partial charge in [0.15, 0.2) is 0 Å². The molecule has 1 aromatic rings. The van der Waals surface area contributed by atoms with Gasteiger partial charge in [-0.3, -0.25) is 9.48 Å². The summed E-state index contributed by atoms with van der Waals surface area (Å²) in [5.74, 6) is -0.0613. The number of morpholine rings is 1. The molecule has 1 aliphatic rings. The summed E-state index contributed by atoms with van der Waals surface area (Å²) in [7, 11) is 1.80. The second-order valence-corrected chi connectivity index (χ2v) is 4.38. The summed E-state index contributed by atoms with van der Waals surface area (Å²) in [6.45, 7) is 3.72. The molecule has 1 unspecified atom stereocenters. The number of nitrogens with two attached hydrogens (primary N) is 1. The maximum absolute atomic E-state index is 12.2. The lowest BCUT2D eigenvalue weighted by atomic mass is 10.1. The van der Waals surface area contributed by atoms with Crippen molar-refractivity contribution in [3.8, 4) is 0 Å². The fourth-order valence-electron chi connectivity index (χ4n) is 1.98. The van der Waals surface area contributed by atoms with E-state index in [1.807, 2.05) is 6.92 Å². The van der Waals surface area contributed by atoms with E-state index in [4.69, 9.17) is 10.5 Å². The fraction of sp³-hybridized carbons (Fsp3) is 0.636. The molecule has 6 nitrogen and oxygen atoms in total. The number of nitrogens with zero attached hydrogens (tertiary/aromatic N) is 3. The standard InChI is InChI=1S/C11H18N4O2/c1-8-7-17-4-3-15(8)11(16)10(12)9-5-13-14(2)6-9/h5-6,8,10H,3-4,7,12H2,1-2H3/t8-,10?/m1/s1. The predicted molar refractivity (Wildman–Crippen MR) is 62.1 cm³/mol. The Kier molecular flexibility index (Phi) is 3.44. The molecule has 2 heterocycles. The van der Waals surface area contributed by atoms with E-state index in [0.29, 0.717) is 19.8 Å². The van der Waals surface area contributed by atoms with E-state index in [1.54, 1.807) is 29.0 Å². The molecule has 1 aromatic heterocycles. The van der Waals surface area contributed by atoms with Gasteiger partial charge < -0.3 is 15.4 Å². The molecule has 6 heteroatoms. The van der Waals surface area contributed by atoms with Gasteiger partial charge in [-0.25, -0.2) is 0 Å². The number of amides is 1. The molecule has 2 N–H and O–H groups in total. The molecule has 1 saturated heterocycles. The van der Waals surface area contributed by atoms with Crippen LogP contribution in [0.25, 0.3) is 0 Å². The minimum Gasteiger partial charge on any atom is -0.377 e. The zero-order valence-electron chi connectivity index (χ0n) is 10.2. The lowest BCUT2D eigenvalue weighted by molar-refractivity contribution is -0.140. The van der Waals surface area contributed by atoms with Crippen molar-refractivity contribution in [3.05, 3.63) is 18.0 Å². The zero-order chi connectivity index (χ0) is 12.4. The molecule has 0 spiro atoms. The van der Waals surface area contributed by atoms with Gasteiger partial charge in [-0.15, -0.1) is 0 Å².